The van der Waals surface area contributed by atoms with Crippen molar-refractivity contribution >= 4 is 11.8 Å². The standard InChI is InChI=1S/C21H32N2O3/c1-21(2,20(25)23-17-10-6-4-5-7-11-17)19(24)22-14-13-16-9-8-12-18(15-16)26-3/h8-9,12,15,17H,4-7,10-11,13-14H2,1-3H3,(H,22,24)(H,23,25). The van der Waals surface area contributed by atoms with Gasteiger partial charge in [0.15, 0.2) is 0 Å². The molecule has 1 saturated carbocycles. The van der Waals surface area contributed by atoms with E-state index in [1.165, 1.54) is 12.8 Å². The number of hydrogen-bond donors (Lipinski definition) is 2. The van der Waals surface area contributed by atoms with Crippen LogP contribution in [0.25, 0.3) is 0 Å². The Morgan fingerprint density at radius 3 is 2.46 bits per heavy atom. The second kappa shape index (κ2) is 9.60. The molecule has 0 radical (unpaired) electrons. The first-order chi connectivity index (χ1) is 12.4. The van der Waals surface area contributed by atoms with E-state index in [-0.39, 0.29) is 17.9 Å². The Labute approximate surface area is 156 Å². The van der Waals surface area contributed by atoms with Crippen molar-refractivity contribution in [3.8, 4) is 5.75 Å². The maximum Gasteiger partial charge on any atom is 0.235 e. The fraction of sp³-hybridized carbons (Fsp3) is 0.619. The molecule has 0 spiro atoms. The Morgan fingerprint density at radius 2 is 1.81 bits per heavy atom. The maximum atomic E-state index is 12.6. The first kappa shape index (κ1) is 20.3. The highest BCUT2D eigenvalue weighted by Crippen LogP contribution is 2.21. The fourth-order valence-electron chi connectivity index (χ4n) is 3.26. The van der Waals surface area contributed by atoms with Crippen molar-refractivity contribution in [2.45, 2.75) is 64.8 Å². The quantitative estimate of drug-likeness (QED) is 0.579. The SMILES string of the molecule is COc1cccc(CCNC(=O)C(C)(C)C(=O)NC2CCCCCC2)c1. The molecular weight excluding hydrogens is 328 g/mol. The van der Waals surface area contributed by atoms with Crippen LogP contribution >= 0.6 is 0 Å². The van der Waals surface area contributed by atoms with Crippen molar-refractivity contribution in [3.05, 3.63) is 29.8 Å². The summed E-state index contributed by atoms with van der Waals surface area (Å²) in [6.07, 6.45) is 7.50. The average Bonchev–Trinajstić information content (AvgIpc) is 2.90. The van der Waals surface area contributed by atoms with Crippen molar-refractivity contribution in [2.75, 3.05) is 13.7 Å². The Bertz CT molecular complexity index is 605. The van der Waals surface area contributed by atoms with Gasteiger partial charge in [0.25, 0.3) is 0 Å². The van der Waals surface area contributed by atoms with E-state index in [0.29, 0.717) is 13.0 Å². The van der Waals surface area contributed by atoms with Gasteiger partial charge in [0.05, 0.1) is 7.11 Å². The zero-order valence-electron chi connectivity index (χ0n) is 16.3. The minimum Gasteiger partial charge on any atom is -0.497 e. The van der Waals surface area contributed by atoms with Crippen LogP contribution in [-0.2, 0) is 16.0 Å². The topological polar surface area (TPSA) is 67.4 Å². The van der Waals surface area contributed by atoms with Crippen LogP contribution in [0.4, 0.5) is 0 Å². The Morgan fingerprint density at radius 1 is 1.12 bits per heavy atom. The highest BCUT2D eigenvalue weighted by Gasteiger charge is 2.36. The molecule has 1 aliphatic rings. The zero-order chi connectivity index (χ0) is 19.0. The molecular formula is C21H32N2O3. The third-order valence-electron chi connectivity index (χ3n) is 5.16. The van der Waals surface area contributed by atoms with E-state index >= 15 is 0 Å². The zero-order valence-corrected chi connectivity index (χ0v) is 16.3. The van der Waals surface area contributed by atoms with E-state index in [0.717, 1.165) is 37.0 Å². The lowest BCUT2D eigenvalue weighted by Crippen LogP contribution is -2.50. The molecule has 0 heterocycles. The van der Waals surface area contributed by atoms with Crippen LogP contribution in [-0.4, -0.2) is 31.5 Å². The number of nitrogens with one attached hydrogen (secondary N) is 2. The molecule has 1 aromatic carbocycles. The summed E-state index contributed by atoms with van der Waals surface area (Å²) in [5.74, 6) is 0.395. The normalized spacial score (nSPS) is 15.8. The Balaban J connectivity index is 1.82. The van der Waals surface area contributed by atoms with Crippen LogP contribution in [0.1, 0.15) is 57.9 Å². The van der Waals surface area contributed by atoms with E-state index in [2.05, 4.69) is 10.6 Å². The van der Waals surface area contributed by atoms with E-state index in [4.69, 9.17) is 4.74 Å². The van der Waals surface area contributed by atoms with Gasteiger partial charge < -0.3 is 15.4 Å². The number of benzene rings is 1. The number of hydrogen-bond acceptors (Lipinski definition) is 3. The third kappa shape index (κ3) is 5.75. The van der Waals surface area contributed by atoms with Crippen LogP contribution in [0.5, 0.6) is 5.75 Å². The van der Waals surface area contributed by atoms with Crippen LogP contribution in [0, 0.1) is 5.41 Å². The molecule has 0 atom stereocenters. The molecule has 0 saturated heterocycles. The summed E-state index contributed by atoms with van der Waals surface area (Å²) in [5, 5.41) is 5.99. The molecule has 5 nitrogen and oxygen atoms in total. The van der Waals surface area contributed by atoms with Crippen LogP contribution < -0.4 is 15.4 Å². The van der Waals surface area contributed by atoms with Crippen molar-refractivity contribution in [1.82, 2.24) is 10.6 Å². The Hall–Kier alpha value is -2.04. The molecule has 2 amide bonds. The molecule has 2 N–H and O–H groups in total. The van der Waals surface area contributed by atoms with Crippen LogP contribution in [0.15, 0.2) is 24.3 Å². The number of amides is 2. The van der Waals surface area contributed by atoms with E-state index in [1.807, 2.05) is 24.3 Å². The molecule has 0 unspecified atom stereocenters. The predicted octanol–water partition coefficient (Wildman–Crippen LogP) is 3.22. The summed E-state index contributed by atoms with van der Waals surface area (Å²) in [4.78, 5) is 25.1. The molecule has 26 heavy (non-hydrogen) atoms. The van der Waals surface area contributed by atoms with Crippen molar-refractivity contribution < 1.29 is 14.3 Å². The van der Waals surface area contributed by atoms with Gasteiger partial charge in [-0.1, -0.05) is 37.8 Å². The van der Waals surface area contributed by atoms with E-state index < -0.39 is 5.41 Å². The van der Waals surface area contributed by atoms with Gasteiger partial charge in [-0.15, -0.1) is 0 Å². The van der Waals surface area contributed by atoms with Gasteiger partial charge in [-0.3, -0.25) is 9.59 Å². The molecule has 1 fully saturated rings. The van der Waals surface area contributed by atoms with Gasteiger partial charge in [-0.2, -0.15) is 0 Å². The lowest BCUT2D eigenvalue weighted by molar-refractivity contribution is -0.141. The van der Waals surface area contributed by atoms with Crippen molar-refractivity contribution in [3.63, 3.8) is 0 Å². The number of carbonyl (C=O) groups is 2. The van der Waals surface area contributed by atoms with Gasteiger partial charge in [0.1, 0.15) is 11.2 Å². The molecule has 1 aromatic rings. The summed E-state index contributed by atoms with van der Waals surface area (Å²) in [5.41, 5.74) is 0.0195. The summed E-state index contributed by atoms with van der Waals surface area (Å²) in [6, 6.07) is 7.98. The van der Waals surface area contributed by atoms with Gasteiger partial charge >= 0.3 is 0 Å². The molecule has 0 bridgehead atoms. The monoisotopic (exact) mass is 360 g/mol. The van der Waals surface area contributed by atoms with Gasteiger partial charge in [0, 0.05) is 12.6 Å². The lowest BCUT2D eigenvalue weighted by atomic mass is 9.90. The average molecular weight is 360 g/mol. The molecule has 144 valence electrons. The van der Waals surface area contributed by atoms with Gasteiger partial charge in [-0.05, 0) is 50.8 Å². The molecule has 0 aromatic heterocycles. The second-order valence-electron chi connectivity index (χ2n) is 7.64. The van der Waals surface area contributed by atoms with Gasteiger partial charge in [-0.25, -0.2) is 0 Å². The minimum atomic E-state index is -1.07. The van der Waals surface area contributed by atoms with E-state index in [1.54, 1.807) is 21.0 Å². The number of ether oxygens (including phenoxy) is 1. The van der Waals surface area contributed by atoms with E-state index in [9.17, 15) is 9.59 Å². The smallest absolute Gasteiger partial charge is 0.235 e. The third-order valence-corrected chi connectivity index (χ3v) is 5.16. The summed E-state index contributed by atoms with van der Waals surface area (Å²) < 4.78 is 5.21. The first-order valence-electron chi connectivity index (χ1n) is 9.65. The molecule has 0 aliphatic heterocycles. The molecule has 1 aliphatic carbocycles. The summed E-state index contributed by atoms with van der Waals surface area (Å²) in [6.45, 7) is 3.88. The first-order valence-corrected chi connectivity index (χ1v) is 9.65. The Kier molecular flexibility index (Phi) is 7.49. The van der Waals surface area contributed by atoms with Gasteiger partial charge in [0.2, 0.25) is 11.8 Å². The van der Waals surface area contributed by atoms with Crippen LogP contribution in [0.3, 0.4) is 0 Å². The van der Waals surface area contributed by atoms with Crippen LogP contribution in [0.2, 0.25) is 0 Å². The summed E-state index contributed by atoms with van der Waals surface area (Å²) in [7, 11) is 1.64. The largest absolute Gasteiger partial charge is 0.497 e. The predicted molar refractivity (Wildman–Crippen MR) is 103 cm³/mol. The fourth-order valence-corrected chi connectivity index (χ4v) is 3.26. The van der Waals surface area contributed by atoms with Crippen molar-refractivity contribution in [1.29, 1.82) is 0 Å². The number of rotatable bonds is 7. The highest BCUT2D eigenvalue weighted by molar-refractivity contribution is 6.04. The molecule has 2 rings (SSSR count). The number of methoxy groups -OCH3 is 1. The highest BCUT2D eigenvalue weighted by atomic mass is 16.5. The molecule has 5 heteroatoms. The minimum absolute atomic E-state index is 0.178. The summed E-state index contributed by atoms with van der Waals surface area (Å²) >= 11 is 0. The lowest BCUT2D eigenvalue weighted by Gasteiger charge is -2.26. The van der Waals surface area contributed by atoms with Crippen molar-refractivity contribution in [2.24, 2.45) is 5.41 Å². The second-order valence-corrected chi connectivity index (χ2v) is 7.64. The maximum absolute atomic E-state index is 12.6. The number of carbonyl (C=O) groups excluding carboxylic acids is 2.